The number of aromatic nitrogens is 5. The first-order valence-corrected chi connectivity index (χ1v) is 25.1. The average Bonchev–Trinajstić information content (AvgIpc) is 4.37. The third kappa shape index (κ3) is 15.0. The maximum atomic E-state index is 5.36. The van der Waals surface area contributed by atoms with E-state index in [1.807, 2.05) is 152 Å². The van der Waals surface area contributed by atoms with Gasteiger partial charge in [-0.3, -0.25) is 15.1 Å². The third-order valence-corrected chi connectivity index (χ3v) is 12.2. The second-order valence-electron chi connectivity index (χ2n) is 17.2. The quantitative estimate of drug-likeness (QED) is 0.0862. The number of nitrogens with zero attached hydrogens (tertiary/aromatic N) is 4. The number of aromatic amines is 1. The molecule has 4 aliphatic rings. The predicted molar refractivity (Wildman–Crippen MR) is 308 cm³/mol. The van der Waals surface area contributed by atoms with Gasteiger partial charge in [-0.05, 0) is 101 Å². The second-order valence-corrected chi connectivity index (χ2v) is 17.2. The highest BCUT2D eigenvalue weighted by molar-refractivity contribution is 5.81. The number of anilines is 4. The number of oxazole rings is 1. The molecule has 0 spiro atoms. The third-order valence-electron chi connectivity index (χ3n) is 12.2. The zero-order valence-electron chi connectivity index (χ0n) is 41.6. The molecule has 0 aliphatic carbocycles. The zero-order valence-corrected chi connectivity index (χ0v) is 41.6. The maximum Gasteiger partial charge on any atom is 0.181 e. The Morgan fingerprint density at radius 2 is 1.01 bits per heavy atom. The highest BCUT2D eigenvalue weighted by Crippen LogP contribution is 2.26. The fourth-order valence-electron chi connectivity index (χ4n) is 8.32. The molecule has 12 heteroatoms. The SMILES string of the molecule is c1ccc2[nH]ncc2c1.c1ccc2c(c1)CCN2.c1ccc2c(c1)CNC2.c1ccc2c(c1)NCCO2.c1ccc2c(c1)NCN2.c1ccc2cnccc2c1.c1ccc2ncccc2c1.c1ccc2ocnc2c1. The van der Waals surface area contributed by atoms with Crippen molar-refractivity contribution in [2.75, 3.05) is 47.6 Å². The van der Waals surface area contributed by atoms with Gasteiger partial charge < -0.3 is 35.7 Å². The first-order valence-electron chi connectivity index (χ1n) is 25.1. The molecule has 6 N–H and O–H groups in total. The summed E-state index contributed by atoms with van der Waals surface area (Å²) in [6.07, 6.45) is 9.94. The lowest BCUT2D eigenvalue weighted by molar-refractivity contribution is 0.323. The van der Waals surface area contributed by atoms with Crippen molar-refractivity contribution in [1.82, 2.24) is 30.5 Å². The number of H-pyrrole nitrogens is 1. The maximum absolute atomic E-state index is 5.36. The molecule has 4 aliphatic heterocycles. The van der Waals surface area contributed by atoms with Crippen molar-refractivity contribution >= 4 is 66.4 Å². The van der Waals surface area contributed by atoms with Crippen LogP contribution in [0, 0.1) is 0 Å². The number of fused-ring (bicyclic) bond motifs is 8. The van der Waals surface area contributed by atoms with Crippen molar-refractivity contribution in [1.29, 1.82) is 0 Å². The first kappa shape index (κ1) is 50.4. The van der Waals surface area contributed by atoms with Crippen molar-refractivity contribution in [3.63, 3.8) is 0 Å². The number of benzene rings is 8. The zero-order chi connectivity index (χ0) is 51.0. The summed E-state index contributed by atoms with van der Waals surface area (Å²) in [5, 5.41) is 27.8. The number of pyridine rings is 2. The molecule has 0 saturated heterocycles. The molecule has 4 aromatic heterocycles. The minimum Gasteiger partial charge on any atom is -0.490 e. The van der Waals surface area contributed by atoms with Crippen LogP contribution in [0.5, 0.6) is 5.75 Å². The van der Waals surface area contributed by atoms with Crippen LogP contribution in [0.15, 0.2) is 248 Å². The van der Waals surface area contributed by atoms with Gasteiger partial charge in [0.05, 0.1) is 41.0 Å². The van der Waals surface area contributed by atoms with E-state index >= 15 is 0 Å². The molecule has 12 aromatic rings. The lowest BCUT2D eigenvalue weighted by atomic mass is 10.1. The molecule has 8 heterocycles. The molecule has 16 rings (SSSR count). The molecule has 374 valence electrons. The van der Waals surface area contributed by atoms with Crippen LogP contribution >= 0.6 is 0 Å². The van der Waals surface area contributed by atoms with Gasteiger partial charge in [-0.15, -0.1) is 0 Å². The Bertz CT molecular complexity index is 3080. The Morgan fingerprint density at radius 1 is 0.413 bits per heavy atom. The van der Waals surface area contributed by atoms with Gasteiger partial charge in [0, 0.05) is 61.2 Å². The largest absolute Gasteiger partial charge is 0.490 e. The molecule has 12 nitrogen and oxygen atoms in total. The molecule has 0 fully saturated rings. The van der Waals surface area contributed by atoms with Crippen LogP contribution in [0.1, 0.15) is 16.7 Å². The Morgan fingerprint density at radius 3 is 1.73 bits per heavy atom. The average molecular weight is 989 g/mol. The van der Waals surface area contributed by atoms with E-state index in [0.717, 1.165) is 78.4 Å². The summed E-state index contributed by atoms with van der Waals surface area (Å²) in [5.74, 6) is 0.966. The Kier molecular flexibility index (Phi) is 18.4. The number of rotatable bonds is 0. The van der Waals surface area contributed by atoms with Crippen LogP contribution in [0.2, 0.25) is 0 Å². The summed E-state index contributed by atoms with van der Waals surface area (Å²) >= 11 is 0. The summed E-state index contributed by atoms with van der Waals surface area (Å²) < 4.78 is 10.4. The molecule has 0 radical (unpaired) electrons. The van der Waals surface area contributed by atoms with E-state index in [1.165, 1.54) is 62.7 Å². The summed E-state index contributed by atoms with van der Waals surface area (Å²) in [6.45, 7) is 5.76. The lowest BCUT2D eigenvalue weighted by Gasteiger charge is -2.17. The van der Waals surface area contributed by atoms with Gasteiger partial charge >= 0.3 is 0 Å². The highest BCUT2D eigenvalue weighted by atomic mass is 16.5. The molecule has 0 atom stereocenters. The Labute approximate surface area is 437 Å². The number of nitrogens with one attached hydrogen (secondary N) is 6. The minimum atomic E-state index is 0.775. The highest BCUT2D eigenvalue weighted by Gasteiger charge is 2.08. The fraction of sp³-hybridized carbons (Fsp3) is 0.111. The van der Waals surface area contributed by atoms with E-state index in [-0.39, 0.29) is 0 Å². The lowest BCUT2D eigenvalue weighted by Crippen LogP contribution is -2.17. The molecule has 75 heavy (non-hydrogen) atoms. The Hall–Kier alpha value is -9.52. The van der Waals surface area contributed by atoms with Crippen molar-refractivity contribution in [3.8, 4) is 5.75 Å². The van der Waals surface area contributed by atoms with E-state index < -0.39 is 0 Å². The monoisotopic (exact) mass is 988 g/mol. The van der Waals surface area contributed by atoms with Crippen LogP contribution in [0.4, 0.5) is 22.7 Å². The smallest absolute Gasteiger partial charge is 0.181 e. The van der Waals surface area contributed by atoms with Crippen molar-refractivity contribution in [3.05, 3.63) is 260 Å². The molecular weight excluding hydrogens is 929 g/mol. The summed E-state index contributed by atoms with van der Waals surface area (Å²) in [4.78, 5) is 12.1. The van der Waals surface area contributed by atoms with Gasteiger partial charge in [-0.25, -0.2) is 4.98 Å². The van der Waals surface area contributed by atoms with Crippen molar-refractivity contribution < 1.29 is 9.15 Å². The van der Waals surface area contributed by atoms with E-state index in [1.54, 1.807) is 0 Å². The molecular formula is C63H60N10O2. The molecule has 0 bridgehead atoms. The summed E-state index contributed by atoms with van der Waals surface area (Å²) in [5.41, 5.74) is 13.1. The van der Waals surface area contributed by atoms with E-state index in [2.05, 4.69) is 137 Å². The van der Waals surface area contributed by atoms with Crippen molar-refractivity contribution in [2.45, 2.75) is 19.5 Å². The molecule has 0 amide bonds. The van der Waals surface area contributed by atoms with Crippen LogP contribution in [-0.4, -0.2) is 51.5 Å². The predicted octanol–water partition coefficient (Wildman–Crippen LogP) is 13.8. The van der Waals surface area contributed by atoms with Crippen LogP contribution in [-0.2, 0) is 19.5 Å². The molecule has 0 unspecified atom stereocenters. The standard InChI is InChI=1S/2C9H7N.C8H9NO.2C8H9N.C7H8N2.C7H6N2.C7H5NO/c1-2-6-9-8(4-1)5-3-7-10-9;1-2-4-9-7-10-6-5-8(9)3-1;1-2-4-8-7(3-1)9-5-6-10-8;1-2-4-8-6-9-5-7(8)3-1;1-2-4-8-7(3-1)5-6-9-8;1-2-4-7-6(3-1)8-5-9-7;1-2-4-7-6(3-1)5-8-9-7;1-2-4-7-6(3-1)8-5-9-7/h2*1-7H;1-4,9H,5-6H2;2*1-4,9H,5-6H2;1-4,8-9H,5H2;1-5H,(H,8,9);1-5H. The topological polar surface area (TPSA) is 150 Å². The molecule has 8 aromatic carbocycles. The van der Waals surface area contributed by atoms with Gasteiger partial charge in [0.15, 0.2) is 12.0 Å². The van der Waals surface area contributed by atoms with Gasteiger partial charge in [-0.1, -0.05) is 146 Å². The summed E-state index contributed by atoms with van der Waals surface area (Å²) in [7, 11) is 0. The van der Waals surface area contributed by atoms with E-state index in [9.17, 15) is 0 Å². The van der Waals surface area contributed by atoms with E-state index in [4.69, 9.17) is 9.15 Å². The minimum absolute atomic E-state index is 0.775. The molecule has 0 saturated carbocycles. The van der Waals surface area contributed by atoms with Crippen LogP contribution < -0.4 is 31.3 Å². The van der Waals surface area contributed by atoms with Crippen LogP contribution in [0.25, 0.3) is 43.7 Å². The van der Waals surface area contributed by atoms with E-state index in [0.29, 0.717) is 0 Å². The number of hydrogen-bond acceptors (Lipinski definition) is 11. The van der Waals surface area contributed by atoms with Gasteiger partial charge in [0.2, 0.25) is 0 Å². The van der Waals surface area contributed by atoms with Gasteiger partial charge in [-0.2, -0.15) is 5.10 Å². The fourth-order valence-corrected chi connectivity index (χ4v) is 8.32. The normalized spacial score (nSPS) is 12.4. The summed E-state index contributed by atoms with van der Waals surface area (Å²) in [6, 6.07) is 71.1. The van der Waals surface area contributed by atoms with Gasteiger partial charge in [0.25, 0.3) is 0 Å². The number of para-hydroxylation sites is 9. The van der Waals surface area contributed by atoms with Crippen LogP contribution in [0.3, 0.4) is 0 Å². The second kappa shape index (κ2) is 27.3. The number of hydrogen-bond donors (Lipinski definition) is 6. The van der Waals surface area contributed by atoms with Gasteiger partial charge in [0.1, 0.15) is 17.9 Å². The number of ether oxygens (including phenoxy) is 1. The first-order chi connectivity index (χ1) is 37.2. The van der Waals surface area contributed by atoms with Crippen molar-refractivity contribution in [2.24, 2.45) is 0 Å². The Balaban J connectivity index is 0.000000105.